The maximum Gasteiger partial charge on any atom is 0.615 e. The lowest BCUT2D eigenvalue weighted by Gasteiger charge is -2.40. The number of likely N-dealkylation sites (N-methyl/N-ethyl adjacent to an activating group) is 1. The molecule has 20 nitrogen and oxygen atoms in total. The lowest BCUT2D eigenvalue weighted by atomic mass is 10.2. The van der Waals surface area contributed by atoms with Gasteiger partial charge in [-0.25, -0.2) is 14.4 Å². The molecular weight excluding hydrogens is 672 g/mol. The molecular formula is C26H42N11O9P2+. The van der Waals surface area contributed by atoms with Gasteiger partial charge in [0, 0.05) is 52.0 Å². The number of anilines is 1. The first-order chi connectivity index (χ1) is 22.6. The Balaban J connectivity index is 1.32. The number of fused-ring (bicyclic) bond motifs is 1. The van der Waals surface area contributed by atoms with Gasteiger partial charge >= 0.3 is 13.9 Å². The van der Waals surface area contributed by atoms with Crippen LogP contribution in [0, 0.1) is 6.92 Å². The van der Waals surface area contributed by atoms with E-state index in [2.05, 4.69) is 19.9 Å². The van der Waals surface area contributed by atoms with Crippen LogP contribution >= 0.6 is 15.7 Å². The SMILES string of the molecule is Cc1cn([C@H]2CN(CP(=O)(OC[C@@H]3CN(C)C[C@H](n4cnc5c(=O)[nH]c(N)nc54)O3)N(C)C)C[C@@H](CO[P+](=O)N(C)C)O2)c(=O)[nH]c1=O. The van der Waals surface area contributed by atoms with Crippen LogP contribution in [0.4, 0.5) is 5.95 Å². The second-order valence-corrected chi connectivity index (χ2v) is 16.4. The van der Waals surface area contributed by atoms with Crippen LogP contribution < -0.4 is 22.5 Å². The molecule has 2 unspecified atom stereocenters. The fraction of sp³-hybridized carbons (Fsp3) is 0.654. The minimum absolute atomic E-state index is 0.0265. The summed E-state index contributed by atoms with van der Waals surface area (Å²) in [6.45, 7) is 2.79. The van der Waals surface area contributed by atoms with Gasteiger partial charge in [0.05, 0.1) is 25.3 Å². The molecule has 6 atom stereocenters. The second-order valence-electron chi connectivity index (χ2n) is 12.2. The van der Waals surface area contributed by atoms with E-state index in [9.17, 15) is 23.5 Å². The van der Waals surface area contributed by atoms with Gasteiger partial charge in [0.1, 0.15) is 18.9 Å². The molecule has 0 bridgehead atoms. The number of hydrogen-bond donors (Lipinski definition) is 3. The maximum atomic E-state index is 14.4. The monoisotopic (exact) mass is 714 g/mol. The van der Waals surface area contributed by atoms with Crippen LogP contribution in [0.5, 0.6) is 0 Å². The van der Waals surface area contributed by atoms with Gasteiger partial charge in [0.15, 0.2) is 17.4 Å². The lowest BCUT2D eigenvalue weighted by Crippen LogP contribution is -2.50. The first-order valence-corrected chi connectivity index (χ1v) is 18.0. The smallest absolute Gasteiger partial charge is 0.369 e. The lowest BCUT2D eigenvalue weighted by molar-refractivity contribution is -0.132. The molecule has 264 valence electrons. The van der Waals surface area contributed by atoms with Gasteiger partial charge in [0.25, 0.3) is 18.6 Å². The van der Waals surface area contributed by atoms with Gasteiger partial charge < -0.3 is 19.7 Å². The quantitative estimate of drug-likeness (QED) is 0.202. The van der Waals surface area contributed by atoms with Crippen molar-refractivity contribution in [3.63, 3.8) is 0 Å². The van der Waals surface area contributed by atoms with Crippen LogP contribution in [0.25, 0.3) is 11.2 Å². The molecule has 22 heteroatoms. The highest BCUT2D eigenvalue weighted by molar-refractivity contribution is 7.56. The zero-order valence-electron chi connectivity index (χ0n) is 27.6. The Morgan fingerprint density at radius 1 is 1.02 bits per heavy atom. The normalized spacial score (nSPS) is 24.4. The van der Waals surface area contributed by atoms with E-state index < -0.39 is 57.2 Å². The van der Waals surface area contributed by atoms with Gasteiger partial charge in [-0.1, -0.05) is 4.67 Å². The number of aromatic nitrogens is 6. The van der Waals surface area contributed by atoms with Crippen molar-refractivity contribution in [2.24, 2.45) is 0 Å². The van der Waals surface area contributed by atoms with Crippen molar-refractivity contribution < 1.29 is 27.7 Å². The number of nitrogens with zero attached hydrogens (tertiary/aromatic N) is 8. The highest BCUT2D eigenvalue weighted by Crippen LogP contribution is 2.50. The Labute approximate surface area is 276 Å². The summed E-state index contributed by atoms with van der Waals surface area (Å²) in [6, 6.07) is 0. The predicted molar refractivity (Wildman–Crippen MR) is 175 cm³/mol. The molecule has 0 saturated carbocycles. The molecule has 5 heterocycles. The Hall–Kier alpha value is -3.16. The van der Waals surface area contributed by atoms with Crippen molar-refractivity contribution in [2.75, 3.05) is 86.7 Å². The van der Waals surface area contributed by atoms with Gasteiger partial charge in [0.2, 0.25) is 5.95 Å². The van der Waals surface area contributed by atoms with E-state index in [1.54, 1.807) is 39.7 Å². The molecule has 4 N–H and O–H groups in total. The van der Waals surface area contributed by atoms with Crippen molar-refractivity contribution >= 4 is 32.8 Å². The first-order valence-electron chi connectivity index (χ1n) is 15.1. The number of H-pyrrole nitrogens is 2. The van der Waals surface area contributed by atoms with Gasteiger partial charge in [-0.3, -0.25) is 43.1 Å². The minimum Gasteiger partial charge on any atom is -0.369 e. The van der Waals surface area contributed by atoms with Crippen LogP contribution in [-0.4, -0.2) is 141 Å². The topological polar surface area (TPSA) is 228 Å². The summed E-state index contributed by atoms with van der Waals surface area (Å²) < 4.78 is 56.7. The molecule has 5 rings (SSSR count). The number of nitrogens with two attached hydrogens (primary N) is 1. The minimum atomic E-state index is -3.55. The number of nitrogen functional groups attached to an aromatic ring is 1. The Bertz CT molecular complexity index is 1860. The molecule has 0 amide bonds. The molecule has 3 aromatic rings. The molecule has 0 aliphatic carbocycles. The Kier molecular flexibility index (Phi) is 11.1. The fourth-order valence-electron chi connectivity index (χ4n) is 5.45. The molecule has 3 aromatic heterocycles. The number of rotatable bonds is 12. The van der Waals surface area contributed by atoms with E-state index in [0.29, 0.717) is 18.7 Å². The molecule has 0 spiro atoms. The van der Waals surface area contributed by atoms with Crippen molar-refractivity contribution in [1.29, 1.82) is 0 Å². The van der Waals surface area contributed by atoms with Crippen LogP contribution in [0.2, 0.25) is 0 Å². The number of hydrogen-bond acceptors (Lipinski definition) is 14. The van der Waals surface area contributed by atoms with E-state index in [1.807, 2.05) is 16.8 Å². The number of morpholine rings is 2. The molecule has 0 radical (unpaired) electrons. The predicted octanol–water partition coefficient (Wildman–Crippen LogP) is -0.447. The summed E-state index contributed by atoms with van der Waals surface area (Å²) in [7, 11) is 2.78. The number of aromatic amines is 2. The highest BCUT2D eigenvalue weighted by Gasteiger charge is 2.39. The largest absolute Gasteiger partial charge is 0.615 e. The third kappa shape index (κ3) is 8.16. The van der Waals surface area contributed by atoms with E-state index in [4.69, 9.17) is 24.3 Å². The van der Waals surface area contributed by atoms with Crippen LogP contribution in [-0.2, 0) is 27.7 Å². The average Bonchev–Trinajstić information content (AvgIpc) is 3.44. The van der Waals surface area contributed by atoms with E-state index in [1.165, 1.54) is 26.4 Å². The molecule has 48 heavy (non-hydrogen) atoms. The van der Waals surface area contributed by atoms with Crippen molar-refractivity contribution in [2.45, 2.75) is 31.6 Å². The zero-order valence-corrected chi connectivity index (χ0v) is 29.4. The summed E-state index contributed by atoms with van der Waals surface area (Å²) in [4.78, 5) is 54.1. The number of nitrogens with one attached hydrogen (secondary N) is 2. The molecule has 0 aromatic carbocycles. The number of ether oxygens (including phenoxy) is 2. The van der Waals surface area contributed by atoms with Crippen LogP contribution in [0.15, 0.2) is 26.9 Å². The van der Waals surface area contributed by atoms with E-state index in [-0.39, 0.29) is 49.7 Å². The molecule has 2 aliphatic heterocycles. The Morgan fingerprint density at radius 3 is 2.40 bits per heavy atom. The highest BCUT2D eigenvalue weighted by atomic mass is 31.2. The summed E-state index contributed by atoms with van der Waals surface area (Å²) in [5.74, 6) is -0.0450. The van der Waals surface area contributed by atoms with Gasteiger partial charge in [-0.2, -0.15) is 4.98 Å². The van der Waals surface area contributed by atoms with E-state index in [0.717, 1.165) is 0 Å². The van der Waals surface area contributed by atoms with Crippen LogP contribution in [0.3, 0.4) is 0 Å². The first kappa shape index (κ1) is 36.1. The van der Waals surface area contributed by atoms with Crippen molar-refractivity contribution in [3.8, 4) is 0 Å². The Morgan fingerprint density at radius 2 is 1.71 bits per heavy atom. The third-order valence-electron chi connectivity index (χ3n) is 7.92. The van der Waals surface area contributed by atoms with E-state index >= 15 is 0 Å². The maximum absolute atomic E-state index is 14.4. The summed E-state index contributed by atoms with van der Waals surface area (Å²) in [6.07, 6.45) is 0.208. The van der Waals surface area contributed by atoms with Crippen LogP contribution in [0.1, 0.15) is 18.0 Å². The van der Waals surface area contributed by atoms with Crippen molar-refractivity contribution in [3.05, 3.63) is 49.3 Å². The summed E-state index contributed by atoms with van der Waals surface area (Å²) >= 11 is 0. The third-order valence-corrected chi connectivity index (χ3v) is 11.5. The fourth-order valence-corrected chi connectivity index (χ4v) is 7.67. The molecule has 2 fully saturated rings. The number of aryl methyl sites for hydroxylation is 1. The molecule has 2 aliphatic rings. The second kappa shape index (κ2) is 14.8. The van der Waals surface area contributed by atoms with Gasteiger partial charge in [-0.15, -0.1) is 4.52 Å². The summed E-state index contributed by atoms with van der Waals surface area (Å²) in [5.41, 5.74) is 4.86. The zero-order chi connectivity index (χ0) is 34.9. The van der Waals surface area contributed by atoms with Gasteiger partial charge in [-0.05, 0) is 32.6 Å². The summed E-state index contributed by atoms with van der Waals surface area (Å²) in [5, 5.41) is 0. The van der Waals surface area contributed by atoms with Crippen molar-refractivity contribution in [1.82, 2.24) is 48.2 Å². The average molecular weight is 715 g/mol. The number of imidazole rings is 1. The standard InChI is InChI=1S/C26H41N11O9P2/c1-16-7-36(26(40)31-23(16)38)20-11-35(9-18(46-20)12-43-47(41)32(2)3)15-48(42,33(4)5)44-13-17-8-34(6)10-19(45-17)37-14-28-21-22(37)29-25(27)30-24(21)39/h7,14,17-20H,8-13,15H2,1-6H3,(H3-,27,29,30,31,38,39,40)/p+1/t17-,18-,19+,20+,48?/m0/s1. The molecule has 2 saturated heterocycles.